The van der Waals surface area contributed by atoms with Crippen molar-refractivity contribution in [3.63, 3.8) is 0 Å². The third-order valence-corrected chi connectivity index (χ3v) is 3.43. The number of pyridine rings is 1. The van der Waals surface area contributed by atoms with Gasteiger partial charge in [0.1, 0.15) is 5.69 Å². The van der Waals surface area contributed by atoms with E-state index in [0.717, 1.165) is 26.1 Å². The predicted molar refractivity (Wildman–Crippen MR) is 78.5 cm³/mol. The number of aromatic carboxylic acids is 1. The third-order valence-electron chi connectivity index (χ3n) is 3.43. The van der Waals surface area contributed by atoms with Crippen molar-refractivity contribution in [2.45, 2.75) is 13.3 Å². The molecule has 1 aliphatic heterocycles. The van der Waals surface area contributed by atoms with Crippen LogP contribution < -0.4 is 5.32 Å². The molecule has 1 aromatic heterocycles. The summed E-state index contributed by atoms with van der Waals surface area (Å²) in [6.45, 7) is 6.39. The van der Waals surface area contributed by atoms with Gasteiger partial charge in [0, 0.05) is 26.2 Å². The molecular formula is C14H20N4O3. The second-order valence-electron chi connectivity index (χ2n) is 5.00. The van der Waals surface area contributed by atoms with Crippen LogP contribution in [0.4, 0.5) is 10.5 Å². The van der Waals surface area contributed by atoms with Gasteiger partial charge in [-0.25, -0.2) is 14.6 Å². The highest BCUT2D eigenvalue weighted by Gasteiger charge is 2.20. The summed E-state index contributed by atoms with van der Waals surface area (Å²) >= 11 is 0. The number of carboxylic acids is 1. The van der Waals surface area contributed by atoms with Crippen LogP contribution in [0.15, 0.2) is 18.3 Å². The number of carbonyl (C=O) groups is 2. The monoisotopic (exact) mass is 292 g/mol. The van der Waals surface area contributed by atoms with Crippen LogP contribution in [0.25, 0.3) is 0 Å². The van der Waals surface area contributed by atoms with Gasteiger partial charge in [-0.05, 0) is 25.1 Å². The molecule has 2 heterocycles. The highest BCUT2D eigenvalue weighted by atomic mass is 16.4. The van der Waals surface area contributed by atoms with Gasteiger partial charge in [0.05, 0.1) is 11.9 Å². The summed E-state index contributed by atoms with van der Waals surface area (Å²) in [6, 6.07) is 2.75. The number of hydrogen-bond donors (Lipinski definition) is 2. The van der Waals surface area contributed by atoms with E-state index in [2.05, 4.69) is 22.1 Å². The van der Waals surface area contributed by atoms with E-state index in [1.807, 2.05) is 0 Å². The molecule has 1 saturated heterocycles. The molecule has 7 heteroatoms. The molecule has 2 amide bonds. The Bertz CT molecular complexity index is 495. The Labute approximate surface area is 123 Å². The fourth-order valence-corrected chi connectivity index (χ4v) is 2.29. The van der Waals surface area contributed by atoms with Gasteiger partial charge >= 0.3 is 12.0 Å². The SMILES string of the molecule is CCCN1CCN(C(=O)Nc2ccc(C(=O)O)nc2)CC1. The first-order valence-electron chi connectivity index (χ1n) is 7.07. The number of aromatic nitrogens is 1. The van der Waals surface area contributed by atoms with Crippen LogP contribution in [0, 0.1) is 0 Å². The summed E-state index contributed by atoms with van der Waals surface area (Å²) in [6.07, 6.45) is 2.47. The number of hydrogen-bond acceptors (Lipinski definition) is 4. The highest BCUT2D eigenvalue weighted by molar-refractivity contribution is 5.90. The fraction of sp³-hybridized carbons (Fsp3) is 0.500. The molecule has 2 rings (SSSR count). The normalized spacial score (nSPS) is 15.8. The summed E-state index contributed by atoms with van der Waals surface area (Å²) in [7, 11) is 0. The standard InChI is InChI=1S/C14H20N4O3/c1-2-5-17-6-8-18(9-7-17)14(21)16-11-3-4-12(13(19)20)15-10-11/h3-4,10H,2,5-9H2,1H3,(H,16,21)(H,19,20). The van der Waals surface area contributed by atoms with Gasteiger partial charge in [-0.1, -0.05) is 6.92 Å². The van der Waals surface area contributed by atoms with Gasteiger partial charge < -0.3 is 15.3 Å². The van der Waals surface area contributed by atoms with Crippen LogP contribution in [-0.2, 0) is 0 Å². The second-order valence-corrected chi connectivity index (χ2v) is 5.00. The van der Waals surface area contributed by atoms with Crippen molar-refractivity contribution in [1.82, 2.24) is 14.8 Å². The van der Waals surface area contributed by atoms with E-state index in [4.69, 9.17) is 5.11 Å². The first-order valence-corrected chi connectivity index (χ1v) is 7.07. The lowest BCUT2D eigenvalue weighted by atomic mass is 10.3. The molecule has 0 radical (unpaired) electrons. The zero-order valence-electron chi connectivity index (χ0n) is 12.1. The van der Waals surface area contributed by atoms with Gasteiger partial charge in [-0.3, -0.25) is 4.90 Å². The van der Waals surface area contributed by atoms with Crippen LogP contribution in [0.1, 0.15) is 23.8 Å². The van der Waals surface area contributed by atoms with E-state index in [9.17, 15) is 9.59 Å². The quantitative estimate of drug-likeness (QED) is 0.874. The topological polar surface area (TPSA) is 85.8 Å². The number of anilines is 1. The van der Waals surface area contributed by atoms with Crippen LogP contribution in [0.5, 0.6) is 0 Å². The molecule has 0 aromatic carbocycles. The molecule has 1 aliphatic rings. The Morgan fingerprint density at radius 3 is 2.52 bits per heavy atom. The van der Waals surface area contributed by atoms with Crippen LogP contribution >= 0.6 is 0 Å². The maximum absolute atomic E-state index is 12.1. The highest BCUT2D eigenvalue weighted by Crippen LogP contribution is 2.09. The minimum absolute atomic E-state index is 0.0406. The van der Waals surface area contributed by atoms with E-state index in [0.29, 0.717) is 18.8 Å². The average molecular weight is 292 g/mol. The van der Waals surface area contributed by atoms with Crippen molar-refractivity contribution in [2.24, 2.45) is 0 Å². The van der Waals surface area contributed by atoms with Crippen molar-refractivity contribution in [3.05, 3.63) is 24.0 Å². The summed E-state index contributed by atoms with van der Waals surface area (Å²) in [5.41, 5.74) is 0.460. The first-order chi connectivity index (χ1) is 10.1. The molecule has 0 saturated carbocycles. The first kappa shape index (κ1) is 15.2. The van der Waals surface area contributed by atoms with E-state index in [1.54, 1.807) is 11.0 Å². The Hall–Kier alpha value is -2.15. The summed E-state index contributed by atoms with van der Waals surface area (Å²) in [5, 5.41) is 11.5. The van der Waals surface area contributed by atoms with E-state index < -0.39 is 5.97 Å². The van der Waals surface area contributed by atoms with Crippen molar-refractivity contribution in [2.75, 3.05) is 38.0 Å². The minimum Gasteiger partial charge on any atom is -0.477 e. The average Bonchev–Trinajstić information content (AvgIpc) is 2.49. The zero-order valence-corrected chi connectivity index (χ0v) is 12.1. The lowest BCUT2D eigenvalue weighted by Crippen LogP contribution is -2.50. The summed E-state index contributed by atoms with van der Waals surface area (Å²) in [4.78, 5) is 30.7. The van der Waals surface area contributed by atoms with Gasteiger partial charge in [0.15, 0.2) is 0 Å². The minimum atomic E-state index is -1.08. The number of piperazine rings is 1. The Kier molecular flexibility index (Phi) is 5.10. The van der Waals surface area contributed by atoms with Gasteiger partial charge in [0.25, 0.3) is 0 Å². The molecule has 0 bridgehead atoms. The van der Waals surface area contributed by atoms with Gasteiger partial charge in [-0.15, -0.1) is 0 Å². The predicted octanol–water partition coefficient (Wildman–Crippen LogP) is 1.34. The Morgan fingerprint density at radius 2 is 2.00 bits per heavy atom. The number of carboxylic acid groups (broad SMARTS) is 1. The maximum atomic E-state index is 12.1. The van der Waals surface area contributed by atoms with Crippen molar-refractivity contribution >= 4 is 17.7 Å². The van der Waals surface area contributed by atoms with Gasteiger partial charge in [0.2, 0.25) is 0 Å². The Morgan fingerprint density at radius 1 is 1.29 bits per heavy atom. The van der Waals surface area contributed by atoms with Crippen molar-refractivity contribution in [3.8, 4) is 0 Å². The lowest BCUT2D eigenvalue weighted by molar-refractivity contribution is 0.0690. The molecule has 7 nitrogen and oxygen atoms in total. The number of urea groups is 1. The molecule has 1 fully saturated rings. The third kappa shape index (κ3) is 4.16. The molecule has 1 aromatic rings. The van der Waals surface area contributed by atoms with Crippen LogP contribution in [0.2, 0.25) is 0 Å². The van der Waals surface area contributed by atoms with Crippen LogP contribution in [-0.4, -0.2) is 64.6 Å². The summed E-state index contributed by atoms with van der Waals surface area (Å²) in [5.74, 6) is -1.08. The van der Waals surface area contributed by atoms with Crippen molar-refractivity contribution in [1.29, 1.82) is 0 Å². The number of rotatable bonds is 4. The van der Waals surface area contributed by atoms with Crippen molar-refractivity contribution < 1.29 is 14.7 Å². The zero-order chi connectivity index (χ0) is 15.2. The van der Waals surface area contributed by atoms with E-state index in [-0.39, 0.29) is 11.7 Å². The molecule has 114 valence electrons. The van der Waals surface area contributed by atoms with E-state index in [1.165, 1.54) is 12.3 Å². The molecule has 0 unspecified atom stereocenters. The van der Waals surface area contributed by atoms with Gasteiger partial charge in [-0.2, -0.15) is 0 Å². The number of nitrogens with zero attached hydrogens (tertiary/aromatic N) is 3. The fourth-order valence-electron chi connectivity index (χ4n) is 2.29. The Balaban J connectivity index is 1.86. The molecular weight excluding hydrogens is 272 g/mol. The van der Waals surface area contributed by atoms with Crippen LogP contribution in [0.3, 0.4) is 0 Å². The summed E-state index contributed by atoms with van der Waals surface area (Å²) < 4.78 is 0. The van der Waals surface area contributed by atoms with E-state index >= 15 is 0 Å². The molecule has 0 atom stereocenters. The molecule has 0 aliphatic carbocycles. The lowest BCUT2D eigenvalue weighted by Gasteiger charge is -2.34. The second kappa shape index (κ2) is 7.03. The smallest absolute Gasteiger partial charge is 0.354 e. The number of amides is 2. The molecule has 21 heavy (non-hydrogen) atoms. The largest absolute Gasteiger partial charge is 0.477 e. The number of nitrogens with one attached hydrogen (secondary N) is 1. The maximum Gasteiger partial charge on any atom is 0.354 e. The number of carbonyl (C=O) groups excluding carboxylic acids is 1. The molecule has 0 spiro atoms. The molecule has 2 N–H and O–H groups in total.